The van der Waals surface area contributed by atoms with Crippen molar-refractivity contribution in [3.63, 3.8) is 0 Å². The van der Waals surface area contributed by atoms with Crippen molar-refractivity contribution in [2.45, 2.75) is 31.6 Å². The highest BCUT2D eigenvalue weighted by Gasteiger charge is 2.26. The molecule has 272 valence electrons. The number of nitrogens with one attached hydrogen (secondary N) is 1. The van der Waals surface area contributed by atoms with E-state index in [1.54, 1.807) is 5.57 Å². The Morgan fingerprint density at radius 3 is 2.09 bits per heavy atom. The van der Waals surface area contributed by atoms with Gasteiger partial charge in [0.15, 0.2) is 0 Å². The minimum atomic E-state index is -0.234. The number of amides is 2. The van der Waals surface area contributed by atoms with Crippen molar-refractivity contribution in [3.05, 3.63) is 141 Å². The molecular weight excluding hydrogens is 681 g/mol. The maximum absolute atomic E-state index is 13.4. The highest BCUT2D eigenvalue weighted by atomic mass is 35.5. The van der Waals surface area contributed by atoms with Gasteiger partial charge in [0.25, 0.3) is 0 Å². The standard InChI is InChI=1S/C24H26ClFN4O.C21H21N/c25-18-1-6-23-21(15-18)22(16-30(23)20-4-2-19(26)3-5-20)17-7-10-28(11-8-17)13-14-29-12-9-27-24(29)31;1-22-14-12-18(13-15-22)21-19-8-4-2-6-16(19)10-11-17-7-3-5-9-20(17)21/h1-6,15-17H,7-14H2,(H,27,31);2-11H,12-15H2,1H3. The molecule has 4 heterocycles. The number of fused-ring (bicyclic) bond motifs is 3. The number of aromatic nitrogens is 1. The monoisotopic (exact) mass is 727 g/mol. The molecule has 1 aliphatic carbocycles. The summed E-state index contributed by atoms with van der Waals surface area (Å²) < 4.78 is 15.6. The van der Waals surface area contributed by atoms with Crippen molar-refractivity contribution in [1.29, 1.82) is 0 Å². The molecule has 0 radical (unpaired) electrons. The van der Waals surface area contributed by atoms with Gasteiger partial charge in [0.1, 0.15) is 5.82 Å². The smallest absolute Gasteiger partial charge is 0.317 e. The Balaban J connectivity index is 0.000000160. The van der Waals surface area contributed by atoms with Crippen molar-refractivity contribution < 1.29 is 9.18 Å². The van der Waals surface area contributed by atoms with Crippen LogP contribution in [0.2, 0.25) is 5.02 Å². The van der Waals surface area contributed by atoms with Crippen LogP contribution in [0.3, 0.4) is 0 Å². The molecule has 0 atom stereocenters. The zero-order valence-electron chi connectivity index (χ0n) is 30.4. The minimum Gasteiger partial charge on any atom is -0.336 e. The van der Waals surface area contributed by atoms with Crippen LogP contribution in [0.1, 0.15) is 59.4 Å². The fraction of sp³-hybridized carbons (Fsp3) is 0.311. The lowest BCUT2D eigenvalue weighted by Gasteiger charge is -2.32. The number of carbonyl (C=O) groups is 1. The van der Waals surface area contributed by atoms with E-state index in [-0.39, 0.29) is 11.8 Å². The Bertz CT molecular complexity index is 2100. The third-order valence-corrected chi connectivity index (χ3v) is 11.6. The number of urea groups is 1. The van der Waals surface area contributed by atoms with Gasteiger partial charge in [-0.1, -0.05) is 77.9 Å². The van der Waals surface area contributed by atoms with Crippen molar-refractivity contribution in [2.75, 3.05) is 59.4 Å². The summed E-state index contributed by atoms with van der Waals surface area (Å²) in [6, 6.07) is 30.3. The van der Waals surface area contributed by atoms with Gasteiger partial charge in [0.05, 0.1) is 5.52 Å². The van der Waals surface area contributed by atoms with Crippen LogP contribution in [0.25, 0.3) is 34.3 Å². The van der Waals surface area contributed by atoms with Crippen molar-refractivity contribution in [1.82, 2.24) is 24.6 Å². The van der Waals surface area contributed by atoms with E-state index in [4.69, 9.17) is 11.6 Å². The van der Waals surface area contributed by atoms with E-state index in [2.05, 4.69) is 93.6 Å². The number of benzene rings is 4. The fourth-order valence-corrected chi connectivity index (χ4v) is 8.58. The van der Waals surface area contributed by atoms with Crippen LogP contribution in [-0.2, 0) is 0 Å². The van der Waals surface area contributed by atoms with E-state index in [0.717, 1.165) is 81.4 Å². The van der Waals surface area contributed by atoms with E-state index < -0.39 is 0 Å². The third kappa shape index (κ3) is 7.70. The molecule has 6 nitrogen and oxygen atoms in total. The first-order chi connectivity index (χ1) is 25.9. The summed E-state index contributed by atoms with van der Waals surface area (Å²) in [7, 11) is 2.22. The predicted octanol–water partition coefficient (Wildman–Crippen LogP) is 9.33. The molecule has 2 amide bonds. The summed E-state index contributed by atoms with van der Waals surface area (Å²) >= 11 is 6.34. The summed E-state index contributed by atoms with van der Waals surface area (Å²) in [4.78, 5) is 18.5. The van der Waals surface area contributed by atoms with Crippen molar-refractivity contribution in [2.24, 2.45) is 0 Å². The maximum atomic E-state index is 13.4. The summed E-state index contributed by atoms with van der Waals surface area (Å²) in [5, 5.41) is 4.76. The molecule has 3 fully saturated rings. The average molecular weight is 728 g/mol. The maximum Gasteiger partial charge on any atom is 0.317 e. The summed E-state index contributed by atoms with van der Waals surface area (Å²) in [6.07, 6.45) is 11.2. The molecule has 8 heteroatoms. The molecule has 3 saturated heterocycles. The lowest BCUT2D eigenvalue weighted by molar-refractivity contribution is 0.181. The molecule has 0 bridgehead atoms. The van der Waals surface area contributed by atoms with Gasteiger partial charge in [0, 0.05) is 61.6 Å². The Morgan fingerprint density at radius 1 is 0.792 bits per heavy atom. The van der Waals surface area contributed by atoms with Gasteiger partial charge < -0.3 is 24.6 Å². The Labute approximate surface area is 317 Å². The Morgan fingerprint density at radius 2 is 1.45 bits per heavy atom. The first-order valence-electron chi connectivity index (χ1n) is 19.0. The molecule has 0 unspecified atom stereocenters. The molecule has 4 aromatic carbocycles. The van der Waals surface area contributed by atoms with Gasteiger partial charge in [-0.05, 0) is 128 Å². The molecule has 3 aliphatic heterocycles. The van der Waals surface area contributed by atoms with Crippen LogP contribution in [0.4, 0.5) is 9.18 Å². The number of carbonyl (C=O) groups excluding carboxylic acids is 1. The van der Waals surface area contributed by atoms with Crippen LogP contribution >= 0.6 is 11.6 Å². The van der Waals surface area contributed by atoms with E-state index >= 15 is 0 Å². The van der Waals surface area contributed by atoms with Crippen LogP contribution < -0.4 is 5.32 Å². The molecule has 0 spiro atoms. The second-order valence-corrected chi connectivity index (χ2v) is 15.2. The largest absolute Gasteiger partial charge is 0.336 e. The molecule has 9 rings (SSSR count). The molecule has 1 aromatic heterocycles. The Kier molecular flexibility index (Phi) is 10.5. The van der Waals surface area contributed by atoms with Gasteiger partial charge in [-0.15, -0.1) is 0 Å². The highest BCUT2D eigenvalue weighted by molar-refractivity contribution is 6.31. The summed E-state index contributed by atoms with van der Waals surface area (Å²) in [6.45, 7) is 7.63. The lowest BCUT2D eigenvalue weighted by atomic mass is 9.86. The quantitative estimate of drug-likeness (QED) is 0.193. The lowest BCUT2D eigenvalue weighted by Crippen LogP contribution is -2.40. The number of nitrogens with zero attached hydrogens (tertiary/aromatic N) is 4. The summed E-state index contributed by atoms with van der Waals surface area (Å²) in [5.41, 5.74) is 11.9. The highest BCUT2D eigenvalue weighted by Crippen LogP contribution is 2.39. The number of hydrogen-bond acceptors (Lipinski definition) is 3. The van der Waals surface area contributed by atoms with Crippen LogP contribution in [0, 0.1) is 5.82 Å². The number of likely N-dealkylation sites (tertiary alicyclic amines) is 2. The van der Waals surface area contributed by atoms with Crippen molar-refractivity contribution in [3.8, 4) is 5.69 Å². The van der Waals surface area contributed by atoms with E-state index in [1.165, 1.54) is 63.8 Å². The average Bonchev–Trinajstić information content (AvgIpc) is 3.73. The van der Waals surface area contributed by atoms with Gasteiger partial charge >= 0.3 is 6.03 Å². The van der Waals surface area contributed by atoms with Gasteiger partial charge in [-0.3, -0.25) is 0 Å². The molecular formula is C45H47ClFN5O. The van der Waals surface area contributed by atoms with Crippen LogP contribution in [0.15, 0.2) is 103 Å². The SMILES string of the molecule is CN1CCC(=C2c3ccccc3C=Cc3ccccc32)CC1.O=C1NCCN1CCN1CCC(c2cn(-c3ccc(F)cc3)c3ccc(Cl)cc23)CC1. The predicted molar refractivity (Wildman–Crippen MR) is 216 cm³/mol. The molecule has 4 aliphatic rings. The second kappa shape index (κ2) is 15.7. The third-order valence-electron chi connectivity index (χ3n) is 11.4. The second-order valence-electron chi connectivity index (χ2n) is 14.7. The zero-order chi connectivity index (χ0) is 36.3. The normalized spacial score (nSPS) is 18.0. The van der Waals surface area contributed by atoms with Gasteiger partial charge in [-0.25, -0.2) is 9.18 Å². The minimum absolute atomic E-state index is 0.0559. The first-order valence-corrected chi connectivity index (χ1v) is 19.4. The topological polar surface area (TPSA) is 43.8 Å². The Hall–Kier alpha value is -4.69. The molecule has 0 saturated carbocycles. The first kappa shape index (κ1) is 35.3. The van der Waals surface area contributed by atoms with Crippen molar-refractivity contribution >= 4 is 46.3 Å². The number of halogens is 2. The zero-order valence-corrected chi connectivity index (χ0v) is 31.2. The number of rotatable bonds is 5. The number of hydrogen-bond donors (Lipinski definition) is 1. The molecule has 53 heavy (non-hydrogen) atoms. The van der Waals surface area contributed by atoms with Crippen LogP contribution in [0.5, 0.6) is 0 Å². The summed E-state index contributed by atoms with van der Waals surface area (Å²) in [5.74, 6) is 0.219. The van der Waals surface area contributed by atoms with E-state index in [0.29, 0.717) is 5.92 Å². The van der Waals surface area contributed by atoms with Gasteiger partial charge in [-0.2, -0.15) is 0 Å². The van der Waals surface area contributed by atoms with E-state index in [1.807, 2.05) is 35.2 Å². The molecule has 1 N–H and O–H groups in total. The number of piperidine rings is 2. The van der Waals surface area contributed by atoms with E-state index in [9.17, 15) is 9.18 Å². The molecule has 5 aromatic rings. The van der Waals surface area contributed by atoms with Gasteiger partial charge in [0.2, 0.25) is 0 Å². The fourth-order valence-electron chi connectivity index (χ4n) is 8.41. The van der Waals surface area contributed by atoms with Crippen LogP contribution in [-0.4, -0.2) is 84.7 Å².